The number of likely N-dealkylation sites (N-methyl/N-ethyl adjacent to an activating group) is 1. The maximum absolute atomic E-state index is 13.0. The molecule has 0 saturated heterocycles. The van der Waals surface area contributed by atoms with Crippen LogP contribution in [-0.4, -0.2) is 63.4 Å². The van der Waals surface area contributed by atoms with Crippen LogP contribution in [0.2, 0.25) is 0 Å². The second kappa shape index (κ2) is 11.3. The fraction of sp³-hybridized carbons (Fsp3) is 0.556. The summed E-state index contributed by atoms with van der Waals surface area (Å²) in [6.45, 7) is 4.00. The molecule has 0 saturated carbocycles. The highest BCUT2D eigenvalue weighted by Crippen LogP contribution is 2.13. The van der Waals surface area contributed by atoms with Gasteiger partial charge in [-0.25, -0.2) is 8.42 Å². The molecule has 1 rings (SSSR count). The van der Waals surface area contributed by atoms with E-state index in [0.29, 0.717) is 18.7 Å². The number of thioether (sulfide) groups is 1. The summed E-state index contributed by atoms with van der Waals surface area (Å²) in [5, 5.41) is 0. The second-order valence-corrected chi connectivity index (χ2v) is 8.77. The van der Waals surface area contributed by atoms with Gasteiger partial charge in [0.2, 0.25) is 15.9 Å². The van der Waals surface area contributed by atoms with E-state index in [1.54, 1.807) is 32.0 Å². The van der Waals surface area contributed by atoms with E-state index in [0.717, 1.165) is 0 Å². The summed E-state index contributed by atoms with van der Waals surface area (Å²) >= 11 is 1.53. The molecule has 0 heterocycles. The lowest BCUT2D eigenvalue weighted by Crippen LogP contribution is -2.50. The molecule has 0 aromatic heterocycles. The normalized spacial score (nSPS) is 13.6. The maximum atomic E-state index is 13.0. The first-order valence-electron chi connectivity index (χ1n) is 8.69. The Balaban J connectivity index is 2.99. The van der Waals surface area contributed by atoms with Crippen molar-refractivity contribution in [1.29, 1.82) is 0 Å². The summed E-state index contributed by atoms with van der Waals surface area (Å²) in [6.07, 6.45) is 2.25. The van der Waals surface area contributed by atoms with Gasteiger partial charge in [0.15, 0.2) is 0 Å². The molecule has 1 N–H and O–H groups in total. The van der Waals surface area contributed by atoms with Gasteiger partial charge in [-0.1, -0.05) is 25.1 Å². The van der Waals surface area contributed by atoms with Crippen molar-refractivity contribution in [3.05, 3.63) is 30.3 Å². The number of nitrogens with zero attached hydrogens (tertiary/aromatic N) is 1. The molecule has 0 fully saturated rings. The summed E-state index contributed by atoms with van der Waals surface area (Å²) in [6, 6.07) is 7.05. The molecule has 1 amide bonds. The lowest BCUT2D eigenvalue weighted by Gasteiger charge is -2.28. The van der Waals surface area contributed by atoms with E-state index in [9.17, 15) is 18.0 Å². The molecule has 27 heavy (non-hydrogen) atoms. The summed E-state index contributed by atoms with van der Waals surface area (Å²) in [5.41, 5.74) is 0. The highest BCUT2D eigenvalue weighted by Gasteiger charge is 2.30. The Kier molecular flexibility index (Phi) is 9.82. The molecule has 2 unspecified atom stereocenters. The third-order valence-electron chi connectivity index (χ3n) is 4.05. The van der Waals surface area contributed by atoms with Crippen molar-refractivity contribution >= 4 is 33.7 Å². The number of nitrogens with one attached hydrogen (secondary N) is 1. The van der Waals surface area contributed by atoms with Gasteiger partial charge in [-0.15, -0.1) is 0 Å². The van der Waals surface area contributed by atoms with Gasteiger partial charge in [0, 0.05) is 13.1 Å². The van der Waals surface area contributed by atoms with Gasteiger partial charge in [0.25, 0.3) is 0 Å². The first-order chi connectivity index (χ1) is 12.8. The summed E-state index contributed by atoms with van der Waals surface area (Å²) < 4.78 is 32.5. The zero-order valence-corrected chi connectivity index (χ0v) is 17.8. The molecular weight excluding hydrogens is 388 g/mol. The fourth-order valence-electron chi connectivity index (χ4n) is 2.53. The predicted octanol–water partition coefficient (Wildman–Crippen LogP) is 1.74. The van der Waals surface area contributed by atoms with Gasteiger partial charge >= 0.3 is 5.97 Å². The number of hydrogen-bond acceptors (Lipinski definition) is 6. The average Bonchev–Trinajstić information content (AvgIpc) is 2.68. The minimum atomic E-state index is -3.82. The van der Waals surface area contributed by atoms with Crippen LogP contribution < -0.4 is 4.72 Å². The van der Waals surface area contributed by atoms with Crippen molar-refractivity contribution in [1.82, 2.24) is 9.62 Å². The minimum Gasteiger partial charge on any atom is -0.469 e. The van der Waals surface area contributed by atoms with E-state index >= 15 is 0 Å². The molecule has 0 radical (unpaired) electrons. The van der Waals surface area contributed by atoms with Crippen molar-refractivity contribution in [2.75, 3.05) is 32.2 Å². The predicted molar refractivity (Wildman–Crippen MR) is 107 cm³/mol. The topological polar surface area (TPSA) is 92.8 Å². The number of rotatable bonds is 11. The molecule has 1 aromatic rings. The van der Waals surface area contributed by atoms with Gasteiger partial charge in [-0.05, 0) is 37.5 Å². The van der Waals surface area contributed by atoms with E-state index in [2.05, 4.69) is 4.72 Å². The standard InChI is InChI=1S/C18H28N2O5S2/c1-5-20(13-14(2)18(22)25-3)17(21)16(11-12-26-4)19-27(23,24)15-9-7-6-8-10-15/h6-10,14,16,19H,5,11-13H2,1-4H3. The van der Waals surface area contributed by atoms with Crippen LogP contribution in [0, 0.1) is 5.92 Å². The molecular formula is C18H28N2O5S2. The number of carbonyl (C=O) groups is 2. The fourth-order valence-corrected chi connectivity index (χ4v) is 4.24. The summed E-state index contributed by atoms with van der Waals surface area (Å²) in [7, 11) is -2.53. The molecule has 2 atom stereocenters. The molecule has 0 spiro atoms. The third kappa shape index (κ3) is 7.15. The van der Waals surface area contributed by atoms with Crippen LogP contribution in [0.1, 0.15) is 20.3 Å². The lowest BCUT2D eigenvalue weighted by atomic mass is 10.1. The number of methoxy groups -OCH3 is 1. The molecule has 0 aliphatic carbocycles. The van der Waals surface area contributed by atoms with Crippen LogP contribution in [0.5, 0.6) is 0 Å². The molecule has 0 aliphatic heterocycles. The van der Waals surface area contributed by atoms with E-state index in [4.69, 9.17) is 4.74 Å². The average molecular weight is 417 g/mol. The first kappa shape index (κ1) is 23.5. The van der Waals surface area contributed by atoms with Crippen LogP contribution in [0.25, 0.3) is 0 Å². The van der Waals surface area contributed by atoms with Gasteiger partial charge in [0.05, 0.1) is 17.9 Å². The smallest absolute Gasteiger partial charge is 0.310 e. The lowest BCUT2D eigenvalue weighted by molar-refractivity contribution is -0.146. The maximum Gasteiger partial charge on any atom is 0.310 e. The van der Waals surface area contributed by atoms with Gasteiger partial charge in [-0.3, -0.25) is 9.59 Å². The SMILES string of the molecule is CCN(CC(C)C(=O)OC)C(=O)C(CCSC)NS(=O)(=O)c1ccccc1. The van der Waals surface area contributed by atoms with E-state index < -0.39 is 28.0 Å². The number of hydrogen-bond donors (Lipinski definition) is 1. The van der Waals surface area contributed by atoms with E-state index in [-0.39, 0.29) is 17.3 Å². The molecule has 0 bridgehead atoms. The zero-order chi connectivity index (χ0) is 20.4. The van der Waals surface area contributed by atoms with Crippen LogP contribution >= 0.6 is 11.8 Å². The highest BCUT2D eigenvalue weighted by molar-refractivity contribution is 7.98. The van der Waals surface area contributed by atoms with Crippen LogP contribution in [0.15, 0.2) is 35.2 Å². The largest absolute Gasteiger partial charge is 0.469 e. The van der Waals surface area contributed by atoms with Crippen molar-refractivity contribution in [2.45, 2.75) is 31.2 Å². The van der Waals surface area contributed by atoms with Gasteiger partial charge in [-0.2, -0.15) is 16.5 Å². The Morgan fingerprint density at radius 1 is 1.26 bits per heavy atom. The Morgan fingerprint density at radius 3 is 2.41 bits per heavy atom. The molecule has 1 aromatic carbocycles. The van der Waals surface area contributed by atoms with Crippen molar-refractivity contribution in [3.63, 3.8) is 0 Å². The summed E-state index contributed by atoms with van der Waals surface area (Å²) in [5.74, 6) is -0.628. The first-order valence-corrected chi connectivity index (χ1v) is 11.6. The number of ether oxygens (including phenoxy) is 1. The Bertz CT molecular complexity index is 710. The monoisotopic (exact) mass is 416 g/mol. The molecule has 152 valence electrons. The van der Waals surface area contributed by atoms with Crippen molar-refractivity contribution in [3.8, 4) is 0 Å². The molecule has 0 aliphatic rings. The van der Waals surface area contributed by atoms with Crippen LogP contribution in [0.3, 0.4) is 0 Å². The third-order valence-corrected chi connectivity index (χ3v) is 6.18. The Labute approximate surface area is 165 Å². The van der Waals surface area contributed by atoms with Crippen LogP contribution in [0.4, 0.5) is 0 Å². The second-order valence-electron chi connectivity index (χ2n) is 6.07. The number of amides is 1. The Hall–Kier alpha value is -1.58. The molecule has 7 nitrogen and oxygen atoms in total. The van der Waals surface area contributed by atoms with Crippen LogP contribution in [-0.2, 0) is 24.3 Å². The van der Waals surface area contributed by atoms with Gasteiger partial charge < -0.3 is 9.64 Å². The summed E-state index contributed by atoms with van der Waals surface area (Å²) in [4.78, 5) is 26.2. The Morgan fingerprint density at radius 2 is 1.89 bits per heavy atom. The quantitative estimate of drug-likeness (QED) is 0.553. The number of sulfonamides is 1. The number of esters is 1. The van der Waals surface area contributed by atoms with E-state index in [1.165, 1.54) is 35.9 Å². The van der Waals surface area contributed by atoms with Crippen molar-refractivity contribution in [2.24, 2.45) is 5.92 Å². The van der Waals surface area contributed by atoms with Gasteiger partial charge in [0.1, 0.15) is 6.04 Å². The highest BCUT2D eigenvalue weighted by atomic mass is 32.2. The molecule has 9 heteroatoms. The van der Waals surface area contributed by atoms with E-state index in [1.807, 2.05) is 6.26 Å². The number of carbonyl (C=O) groups excluding carboxylic acids is 2. The van der Waals surface area contributed by atoms with Crippen molar-refractivity contribution < 1.29 is 22.7 Å². The zero-order valence-electron chi connectivity index (χ0n) is 16.2. The number of benzene rings is 1. The minimum absolute atomic E-state index is 0.109.